The van der Waals surface area contributed by atoms with Crippen LogP contribution in [0.25, 0.3) is 0 Å². The maximum absolute atomic E-state index is 10.8. The predicted octanol–water partition coefficient (Wildman–Crippen LogP) is 4.01. The Morgan fingerprint density at radius 1 is 1.47 bits per heavy atom. The molecule has 3 unspecified atom stereocenters. The van der Waals surface area contributed by atoms with Crippen LogP contribution in [0.4, 0.5) is 0 Å². The van der Waals surface area contributed by atoms with Gasteiger partial charge in [0.25, 0.3) is 0 Å². The van der Waals surface area contributed by atoms with Gasteiger partial charge in [0.05, 0.1) is 5.60 Å². The molecule has 1 aliphatic carbocycles. The van der Waals surface area contributed by atoms with E-state index in [1.165, 1.54) is 12.0 Å². The SMILES string of the molecule is CCOC1(C(O)c2cccc(C)c2)CCCC(C)C1. The van der Waals surface area contributed by atoms with Crippen LogP contribution in [0.1, 0.15) is 56.8 Å². The third-order valence-corrected chi connectivity index (χ3v) is 4.28. The van der Waals surface area contributed by atoms with Gasteiger partial charge in [0.1, 0.15) is 6.10 Å². The lowest BCUT2D eigenvalue weighted by Gasteiger charge is -2.43. The number of hydrogen-bond donors (Lipinski definition) is 1. The van der Waals surface area contributed by atoms with Gasteiger partial charge in [0.15, 0.2) is 0 Å². The number of rotatable bonds is 4. The Labute approximate surface area is 116 Å². The molecule has 0 saturated heterocycles. The van der Waals surface area contributed by atoms with Crippen LogP contribution < -0.4 is 0 Å². The molecule has 0 amide bonds. The van der Waals surface area contributed by atoms with E-state index in [9.17, 15) is 5.11 Å². The zero-order chi connectivity index (χ0) is 13.9. The molecule has 0 aromatic heterocycles. The highest BCUT2D eigenvalue weighted by atomic mass is 16.5. The molecular weight excluding hydrogens is 236 g/mol. The first-order chi connectivity index (χ1) is 9.07. The highest BCUT2D eigenvalue weighted by molar-refractivity contribution is 5.26. The third-order valence-electron chi connectivity index (χ3n) is 4.28. The lowest BCUT2D eigenvalue weighted by Crippen LogP contribution is -2.43. The van der Waals surface area contributed by atoms with E-state index in [4.69, 9.17) is 4.74 Å². The first kappa shape index (κ1) is 14.5. The molecule has 2 heteroatoms. The predicted molar refractivity (Wildman–Crippen MR) is 78.1 cm³/mol. The molecule has 0 bridgehead atoms. The minimum Gasteiger partial charge on any atom is -0.385 e. The summed E-state index contributed by atoms with van der Waals surface area (Å²) in [5.41, 5.74) is 1.79. The Kier molecular flexibility index (Phi) is 4.64. The van der Waals surface area contributed by atoms with Crippen molar-refractivity contribution in [1.82, 2.24) is 0 Å². The molecule has 1 aliphatic rings. The monoisotopic (exact) mass is 262 g/mol. The van der Waals surface area contributed by atoms with Gasteiger partial charge >= 0.3 is 0 Å². The van der Waals surface area contributed by atoms with Crippen molar-refractivity contribution in [2.24, 2.45) is 5.92 Å². The molecule has 1 fully saturated rings. The maximum Gasteiger partial charge on any atom is 0.108 e. The van der Waals surface area contributed by atoms with Gasteiger partial charge in [-0.15, -0.1) is 0 Å². The lowest BCUT2D eigenvalue weighted by atomic mass is 9.74. The van der Waals surface area contributed by atoms with Crippen molar-refractivity contribution in [2.75, 3.05) is 6.61 Å². The minimum absolute atomic E-state index is 0.389. The van der Waals surface area contributed by atoms with Crippen molar-refractivity contribution < 1.29 is 9.84 Å². The van der Waals surface area contributed by atoms with Crippen LogP contribution in [-0.4, -0.2) is 17.3 Å². The number of aliphatic hydroxyl groups is 1. The summed E-state index contributed by atoms with van der Waals surface area (Å²) in [6.07, 6.45) is 3.78. The Morgan fingerprint density at radius 2 is 2.26 bits per heavy atom. The largest absolute Gasteiger partial charge is 0.385 e. The fourth-order valence-corrected chi connectivity index (χ4v) is 3.43. The van der Waals surface area contributed by atoms with Gasteiger partial charge in [0.2, 0.25) is 0 Å². The quantitative estimate of drug-likeness (QED) is 0.888. The van der Waals surface area contributed by atoms with Crippen LogP contribution in [0.5, 0.6) is 0 Å². The van der Waals surface area contributed by atoms with Crippen molar-refractivity contribution in [3.05, 3.63) is 35.4 Å². The van der Waals surface area contributed by atoms with E-state index in [-0.39, 0.29) is 5.60 Å². The molecule has 2 nitrogen and oxygen atoms in total. The first-order valence-electron chi connectivity index (χ1n) is 7.46. The second-order valence-electron chi connectivity index (χ2n) is 6.02. The number of hydrogen-bond acceptors (Lipinski definition) is 2. The summed E-state index contributed by atoms with van der Waals surface area (Å²) in [5, 5.41) is 10.8. The third kappa shape index (κ3) is 3.18. The molecule has 0 spiro atoms. The summed E-state index contributed by atoms with van der Waals surface area (Å²) in [5.74, 6) is 0.625. The van der Waals surface area contributed by atoms with E-state index in [1.54, 1.807) is 0 Å². The highest BCUT2D eigenvalue weighted by Gasteiger charge is 2.42. The van der Waals surface area contributed by atoms with E-state index in [2.05, 4.69) is 26.0 Å². The topological polar surface area (TPSA) is 29.5 Å². The van der Waals surface area contributed by atoms with Gasteiger partial charge in [-0.3, -0.25) is 0 Å². The number of benzene rings is 1. The fraction of sp³-hybridized carbons (Fsp3) is 0.647. The molecule has 19 heavy (non-hydrogen) atoms. The van der Waals surface area contributed by atoms with Crippen LogP contribution in [0.15, 0.2) is 24.3 Å². The zero-order valence-electron chi connectivity index (χ0n) is 12.4. The standard InChI is InChI=1S/C17H26O2/c1-4-19-17(10-6-8-14(3)12-17)16(18)15-9-5-7-13(2)11-15/h5,7,9,11,14,16,18H,4,6,8,10,12H2,1-3H3. The summed E-state index contributed by atoms with van der Waals surface area (Å²) >= 11 is 0. The summed E-state index contributed by atoms with van der Waals surface area (Å²) in [6, 6.07) is 8.16. The average Bonchev–Trinajstić information content (AvgIpc) is 2.38. The molecule has 1 N–H and O–H groups in total. The Bertz CT molecular complexity index is 411. The van der Waals surface area contributed by atoms with Crippen LogP contribution in [-0.2, 0) is 4.74 Å². The van der Waals surface area contributed by atoms with E-state index in [0.717, 1.165) is 24.8 Å². The van der Waals surface area contributed by atoms with Crippen molar-refractivity contribution in [3.8, 4) is 0 Å². The van der Waals surface area contributed by atoms with E-state index in [1.807, 2.05) is 19.1 Å². The summed E-state index contributed by atoms with van der Waals surface area (Å²) in [4.78, 5) is 0. The Morgan fingerprint density at radius 3 is 2.89 bits per heavy atom. The summed E-state index contributed by atoms with van der Waals surface area (Å²) < 4.78 is 6.05. The lowest BCUT2D eigenvalue weighted by molar-refractivity contribution is -0.150. The Balaban J connectivity index is 2.27. The normalized spacial score (nSPS) is 29.2. The molecule has 1 saturated carbocycles. The van der Waals surface area contributed by atoms with Crippen molar-refractivity contribution >= 4 is 0 Å². The molecule has 0 aliphatic heterocycles. The first-order valence-corrected chi connectivity index (χ1v) is 7.46. The minimum atomic E-state index is -0.518. The van der Waals surface area contributed by atoms with Crippen LogP contribution >= 0.6 is 0 Å². The van der Waals surface area contributed by atoms with Crippen LogP contribution in [0, 0.1) is 12.8 Å². The van der Waals surface area contributed by atoms with Crippen molar-refractivity contribution in [1.29, 1.82) is 0 Å². The van der Waals surface area contributed by atoms with E-state index in [0.29, 0.717) is 12.5 Å². The van der Waals surface area contributed by atoms with Crippen LogP contribution in [0.3, 0.4) is 0 Å². The number of aliphatic hydroxyl groups excluding tert-OH is 1. The summed E-state index contributed by atoms with van der Waals surface area (Å²) in [6.45, 7) is 7.00. The summed E-state index contributed by atoms with van der Waals surface area (Å²) in [7, 11) is 0. The molecular formula is C17H26O2. The van der Waals surface area contributed by atoms with Gasteiger partial charge in [-0.25, -0.2) is 0 Å². The zero-order valence-corrected chi connectivity index (χ0v) is 12.4. The number of aryl methyl sites for hydroxylation is 1. The molecule has 1 aromatic rings. The smallest absolute Gasteiger partial charge is 0.108 e. The number of ether oxygens (including phenoxy) is 1. The molecule has 2 rings (SSSR count). The molecule has 3 atom stereocenters. The maximum atomic E-state index is 10.8. The second kappa shape index (κ2) is 6.06. The highest BCUT2D eigenvalue weighted by Crippen LogP contribution is 2.43. The average molecular weight is 262 g/mol. The van der Waals surface area contributed by atoms with E-state index < -0.39 is 6.10 Å². The Hall–Kier alpha value is -0.860. The second-order valence-corrected chi connectivity index (χ2v) is 6.02. The van der Waals surface area contributed by atoms with Gasteiger partial charge in [-0.2, -0.15) is 0 Å². The molecule has 0 heterocycles. The van der Waals surface area contributed by atoms with Gasteiger partial charge < -0.3 is 9.84 Å². The van der Waals surface area contributed by atoms with E-state index >= 15 is 0 Å². The fourth-order valence-electron chi connectivity index (χ4n) is 3.43. The van der Waals surface area contributed by atoms with Gasteiger partial charge in [-0.05, 0) is 38.2 Å². The van der Waals surface area contributed by atoms with Crippen LogP contribution in [0.2, 0.25) is 0 Å². The molecule has 1 aromatic carbocycles. The van der Waals surface area contributed by atoms with Gasteiger partial charge in [0, 0.05) is 6.61 Å². The molecule has 106 valence electrons. The molecule has 0 radical (unpaired) electrons. The van der Waals surface area contributed by atoms with Crippen molar-refractivity contribution in [3.63, 3.8) is 0 Å². The van der Waals surface area contributed by atoms with Gasteiger partial charge in [-0.1, -0.05) is 49.6 Å². The van der Waals surface area contributed by atoms with Crippen molar-refractivity contribution in [2.45, 2.75) is 58.2 Å².